The second kappa shape index (κ2) is 13.0. The Morgan fingerprint density at radius 3 is 2.64 bits per heavy atom. The van der Waals surface area contributed by atoms with Gasteiger partial charge in [-0.3, -0.25) is 0 Å². The van der Waals surface area contributed by atoms with Crippen molar-refractivity contribution in [3.8, 4) is 17.6 Å². The summed E-state index contributed by atoms with van der Waals surface area (Å²) in [4.78, 5) is 24.3. The number of para-hydroxylation sites is 1. The predicted molar refractivity (Wildman–Crippen MR) is 120 cm³/mol. The van der Waals surface area contributed by atoms with Gasteiger partial charge in [0, 0.05) is 18.9 Å². The largest absolute Gasteiger partial charge is 0.493 e. The molecule has 173 valence electrons. The normalized spacial score (nSPS) is 12.2. The van der Waals surface area contributed by atoms with Crippen LogP contribution in [0.5, 0.6) is 11.5 Å². The topological polar surface area (TPSA) is 85.6 Å². The van der Waals surface area contributed by atoms with Crippen LogP contribution in [0.15, 0.2) is 55.1 Å². The molecular formula is C26H27FNO5. The van der Waals surface area contributed by atoms with Crippen molar-refractivity contribution in [2.75, 3.05) is 6.61 Å². The monoisotopic (exact) mass is 452 g/mol. The van der Waals surface area contributed by atoms with Crippen molar-refractivity contribution in [1.82, 2.24) is 0 Å². The average molecular weight is 453 g/mol. The van der Waals surface area contributed by atoms with Crippen LogP contribution < -0.4 is 9.47 Å². The molecule has 0 heterocycles. The number of ether oxygens (including phenoxy) is 3. The summed E-state index contributed by atoms with van der Waals surface area (Å²) >= 11 is 0. The Hall–Kier alpha value is -3.66. The summed E-state index contributed by atoms with van der Waals surface area (Å²) in [6.45, 7) is 5.61. The van der Waals surface area contributed by atoms with Gasteiger partial charge in [0.25, 0.3) is 0 Å². The molecule has 0 aliphatic heterocycles. The van der Waals surface area contributed by atoms with E-state index in [1.54, 1.807) is 18.2 Å². The van der Waals surface area contributed by atoms with E-state index in [1.807, 2.05) is 6.92 Å². The van der Waals surface area contributed by atoms with Crippen molar-refractivity contribution in [1.29, 1.82) is 5.26 Å². The van der Waals surface area contributed by atoms with Crippen molar-refractivity contribution in [3.63, 3.8) is 0 Å². The van der Waals surface area contributed by atoms with E-state index in [-0.39, 0.29) is 30.1 Å². The van der Waals surface area contributed by atoms with E-state index in [1.165, 1.54) is 18.2 Å². The highest BCUT2D eigenvalue weighted by molar-refractivity contribution is 5.94. The molecule has 1 atom stereocenters. The van der Waals surface area contributed by atoms with Crippen LogP contribution in [-0.4, -0.2) is 24.1 Å². The smallest absolute Gasteiger partial charge is 0.347 e. The van der Waals surface area contributed by atoms with Crippen LogP contribution in [0.4, 0.5) is 4.39 Å². The molecule has 0 spiro atoms. The fraction of sp³-hybridized carbons (Fsp3) is 0.346. The van der Waals surface area contributed by atoms with Crippen molar-refractivity contribution in [2.24, 2.45) is 0 Å². The molecule has 2 aromatic rings. The molecule has 0 bridgehead atoms. The number of hydrogen-bond donors (Lipinski definition) is 0. The van der Waals surface area contributed by atoms with Crippen molar-refractivity contribution in [2.45, 2.75) is 51.0 Å². The van der Waals surface area contributed by atoms with Crippen LogP contribution in [0.3, 0.4) is 0 Å². The van der Waals surface area contributed by atoms with Crippen LogP contribution in [0.2, 0.25) is 0 Å². The number of carbonyl (C=O) groups is 2. The van der Waals surface area contributed by atoms with Gasteiger partial charge in [0.2, 0.25) is 0 Å². The van der Waals surface area contributed by atoms with E-state index >= 15 is 0 Å². The van der Waals surface area contributed by atoms with Gasteiger partial charge in [-0.25, -0.2) is 14.0 Å². The molecule has 0 aliphatic rings. The SMILES string of the molecule is C=CC(=O)OC(C#N)(CCCCC)CCCOc1ccccc1C(=O)Oc1cc[c]cc1F. The highest BCUT2D eigenvalue weighted by Gasteiger charge is 2.33. The zero-order valence-corrected chi connectivity index (χ0v) is 18.6. The number of rotatable bonds is 13. The van der Waals surface area contributed by atoms with Crippen molar-refractivity contribution < 1.29 is 28.2 Å². The molecule has 0 saturated carbocycles. The highest BCUT2D eigenvalue weighted by Crippen LogP contribution is 2.27. The van der Waals surface area contributed by atoms with Gasteiger partial charge in [-0.2, -0.15) is 5.26 Å². The predicted octanol–water partition coefficient (Wildman–Crippen LogP) is 5.58. The minimum absolute atomic E-state index is 0.136. The second-order valence-electron chi connectivity index (χ2n) is 7.38. The first-order valence-electron chi connectivity index (χ1n) is 10.8. The summed E-state index contributed by atoms with van der Waals surface area (Å²) in [6, 6.07) is 15.0. The van der Waals surface area contributed by atoms with Crippen LogP contribution >= 0.6 is 0 Å². The number of carbonyl (C=O) groups excluding carboxylic acids is 2. The van der Waals surface area contributed by atoms with Crippen molar-refractivity contribution in [3.05, 3.63) is 72.6 Å². The van der Waals surface area contributed by atoms with Gasteiger partial charge < -0.3 is 14.2 Å². The standard InChI is InChI=1S/C26H27FNO5/c1-3-5-10-16-26(19-28,33-24(29)4-2)17-11-18-31-22-14-8-6-12-20(22)25(30)32-23-15-9-7-13-21(23)27/h4,6,8-9,12-15H,2-3,5,10-11,16-18H2,1H3. The lowest BCUT2D eigenvalue weighted by molar-refractivity contribution is -0.149. The molecule has 6 nitrogen and oxygen atoms in total. The minimum Gasteiger partial charge on any atom is -0.493 e. The third-order valence-electron chi connectivity index (χ3n) is 4.92. The maximum atomic E-state index is 13.8. The van der Waals surface area contributed by atoms with Gasteiger partial charge in [0.15, 0.2) is 17.2 Å². The first-order chi connectivity index (χ1) is 15.9. The highest BCUT2D eigenvalue weighted by atomic mass is 19.1. The third-order valence-corrected chi connectivity index (χ3v) is 4.92. The summed E-state index contributed by atoms with van der Waals surface area (Å²) in [6.07, 6.45) is 4.76. The summed E-state index contributed by atoms with van der Waals surface area (Å²) in [5.41, 5.74) is -1.12. The van der Waals surface area contributed by atoms with E-state index in [0.717, 1.165) is 31.4 Å². The number of halogens is 1. The van der Waals surface area contributed by atoms with Gasteiger partial charge >= 0.3 is 11.9 Å². The van der Waals surface area contributed by atoms with Gasteiger partial charge in [-0.05, 0) is 43.2 Å². The Labute approximate surface area is 193 Å². The molecule has 1 radical (unpaired) electrons. The molecular weight excluding hydrogens is 425 g/mol. The van der Waals surface area contributed by atoms with E-state index in [4.69, 9.17) is 14.2 Å². The molecule has 0 N–H and O–H groups in total. The lowest BCUT2D eigenvalue weighted by atomic mass is 9.92. The number of esters is 2. The average Bonchev–Trinajstić information content (AvgIpc) is 2.83. The third kappa shape index (κ3) is 7.76. The van der Waals surface area contributed by atoms with E-state index in [2.05, 4.69) is 18.7 Å². The molecule has 0 saturated heterocycles. The van der Waals surface area contributed by atoms with Crippen LogP contribution in [0.25, 0.3) is 0 Å². The molecule has 2 aromatic carbocycles. The Balaban J connectivity index is 2.02. The first kappa shape index (κ1) is 25.6. The minimum atomic E-state index is -1.26. The van der Waals surface area contributed by atoms with E-state index in [0.29, 0.717) is 12.8 Å². The van der Waals surface area contributed by atoms with Gasteiger partial charge in [-0.15, -0.1) is 0 Å². The number of nitrogens with zero attached hydrogens (tertiary/aromatic N) is 1. The first-order valence-corrected chi connectivity index (χ1v) is 10.8. The zero-order valence-electron chi connectivity index (χ0n) is 18.6. The molecule has 2 rings (SSSR count). The fourth-order valence-electron chi connectivity index (χ4n) is 3.19. The number of nitriles is 1. The van der Waals surface area contributed by atoms with Gasteiger partial charge in [-0.1, -0.05) is 44.5 Å². The summed E-state index contributed by atoms with van der Waals surface area (Å²) in [5, 5.41) is 9.72. The van der Waals surface area contributed by atoms with Gasteiger partial charge in [0.1, 0.15) is 17.4 Å². The molecule has 1 unspecified atom stereocenters. The summed E-state index contributed by atoms with van der Waals surface area (Å²) < 4.78 is 30.1. The maximum Gasteiger partial charge on any atom is 0.347 e. The Morgan fingerprint density at radius 1 is 1.18 bits per heavy atom. The number of unbranched alkanes of at least 4 members (excludes halogenated alkanes) is 2. The zero-order chi connectivity index (χ0) is 24.1. The number of hydrogen-bond acceptors (Lipinski definition) is 6. The van der Waals surface area contributed by atoms with Crippen molar-refractivity contribution >= 4 is 11.9 Å². The molecule has 0 aliphatic carbocycles. The molecule has 33 heavy (non-hydrogen) atoms. The van der Waals surface area contributed by atoms with Crippen LogP contribution in [0, 0.1) is 23.2 Å². The Bertz CT molecular complexity index is 1000. The Kier molecular flexibility index (Phi) is 10.1. The lowest BCUT2D eigenvalue weighted by Gasteiger charge is -2.26. The summed E-state index contributed by atoms with van der Waals surface area (Å²) in [7, 11) is 0. The second-order valence-corrected chi connectivity index (χ2v) is 7.38. The Morgan fingerprint density at radius 2 is 1.94 bits per heavy atom. The molecule has 0 fully saturated rings. The lowest BCUT2D eigenvalue weighted by Crippen LogP contribution is -2.33. The molecule has 7 heteroatoms. The maximum absolute atomic E-state index is 13.8. The van der Waals surface area contributed by atoms with E-state index in [9.17, 15) is 19.2 Å². The molecule has 0 amide bonds. The number of benzene rings is 2. The van der Waals surface area contributed by atoms with E-state index < -0.39 is 23.4 Å². The quantitative estimate of drug-likeness (QED) is 0.171. The van der Waals surface area contributed by atoms with Crippen LogP contribution in [-0.2, 0) is 9.53 Å². The molecule has 0 aromatic heterocycles. The summed E-state index contributed by atoms with van der Waals surface area (Å²) in [5.74, 6) is -2.05. The van der Waals surface area contributed by atoms with Crippen LogP contribution in [0.1, 0.15) is 55.8 Å². The fourth-order valence-corrected chi connectivity index (χ4v) is 3.19. The van der Waals surface area contributed by atoms with Gasteiger partial charge in [0.05, 0.1) is 6.61 Å².